The fraction of sp³-hybridized carbons (Fsp3) is 0.316. The molecule has 0 saturated carbocycles. The minimum atomic E-state index is -3.60. The Balaban J connectivity index is 2.17. The first-order valence-corrected chi connectivity index (χ1v) is 10.0. The van der Waals surface area contributed by atoms with E-state index in [4.69, 9.17) is 4.74 Å². The number of sulfonamides is 1. The number of benzene rings is 2. The molecule has 1 amide bonds. The fourth-order valence-electron chi connectivity index (χ4n) is 2.70. The topological polar surface area (TPSA) is 75.7 Å². The smallest absolute Gasteiger partial charge is 0.241 e. The van der Waals surface area contributed by atoms with Gasteiger partial charge < -0.3 is 10.1 Å². The predicted molar refractivity (Wildman–Crippen MR) is 103 cm³/mol. The Morgan fingerprint density at radius 2 is 1.88 bits per heavy atom. The van der Waals surface area contributed by atoms with E-state index < -0.39 is 15.9 Å². The molecule has 0 radical (unpaired) electrons. The van der Waals surface area contributed by atoms with Gasteiger partial charge in [-0.05, 0) is 37.6 Å². The van der Waals surface area contributed by atoms with E-state index in [9.17, 15) is 13.2 Å². The summed E-state index contributed by atoms with van der Waals surface area (Å²) in [5, 5.41) is 2.83. The number of carbonyl (C=O) groups is 1. The maximum absolute atomic E-state index is 12.5. The molecule has 0 aliphatic carbocycles. The van der Waals surface area contributed by atoms with E-state index >= 15 is 0 Å². The number of hydrogen-bond acceptors (Lipinski definition) is 4. The van der Waals surface area contributed by atoms with Crippen LogP contribution >= 0.6 is 0 Å². The fourth-order valence-corrected chi connectivity index (χ4v) is 3.55. The lowest BCUT2D eigenvalue weighted by Gasteiger charge is -2.24. The monoisotopic (exact) mass is 376 g/mol. The lowest BCUT2D eigenvalue weighted by atomic mass is 10.1. The van der Waals surface area contributed by atoms with Crippen LogP contribution in [0.4, 0.5) is 5.69 Å². The minimum Gasteiger partial charge on any atom is -0.496 e. The van der Waals surface area contributed by atoms with Crippen molar-refractivity contribution in [2.45, 2.75) is 19.9 Å². The van der Waals surface area contributed by atoms with Crippen molar-refractivity contribution >= 4 is 21.6 Å². The van der Waals surface area contributed by atoms with Gasteiger partial charge in [-0.2, -0.15) is 0 Å². The molecule has 0 spiro atoms. The molecule has 0 aliphatic rings. The van der Waals surface area contributed by atoms with E-state index in [0.29, 0.717) is 11.4 Å². The van der Waals surface area contributed by atoms with Crippen molar-refractivity contribution in [2.75, 3.05) is 24.2 Å². The normalized spacial score (nSPS) is 12.3. The standard InChI is InChI=1S/C19H24N2O4S/c1-14-8-7-9-16(12-14)21(26(4,23)24)13-19(22)20-15(2)17-10-5-6-11-18(17)25-3/h5-12,15H,13H2,1-4H3,(H,20,22)/t15-/m0/s1. The zero-order chi connectivity index (χ0) is 19.3. The van der Waals surface area contributed by atoms with Gasteiger partial charge in [0.15, 0.2) is 0 Å². The third-order valence-electron chi connectivity index (χ3n) is 3.96. The van der Waals surface area contributed by atoms with E-state index in [1.165, 1.54) is 0 Å². The van der Waals surface area contributed by atoms with Crippen LogP contribution in [0.3, 0.4) is 0 Å². The van der Waals surface area contributed by atoms with Crippen LogP contribution in [0.25, 0.3) is 0 Å². The van der Waals surface area contributed by atoms with Crippen LogP contribution in [0.5, 0.6) is 5.75 Å². The van der Waals surface area contributed by atoms with Crippen LogP contribution in [0.1, 0.15) is 24.1 Å². The largest absolute Gasteiger partial charge is 0.496 e. The number of hydrogen-bond donors (Lipinski definition) is 1. The Bertz CT molecular complexity index is 881. The average Bonchev–Trinajstić information content (AvgIpc) is 2.58. The molecule has 1 N–H and O–H groups in total. The molecule has 0 aromatic heterocycles. The van der Waals surface area contributed by atoms with E-state index in [-0.39, 0.29) is 12.6 Å². The van der Waals surface area contributed by atoms with Gasteiger partial charge in [0.05, 0.1) is 25.1 Å². The first-order valence-electron chi connectivity index (χ1n) is 8.19. The number of nitrogens with zero attached hydrogens (tertiary/aromatic N) is 1. The molecule has 26 heavy (non-hydrogen) atoms. The van der Waals surface area contributed by atoms with Gasteiger partial charge in [-0.1, -0.05) is 30.3 Å². The maximum atomic E-state index is 12.5. The van der Waals surface area contributed by atoms with Gasteiger partial charge in [0.25, 0.3) is 0 Å². The van der Waals surface area contributed by atoms with Crippen LogP contribution in [0.2, 0.25) is 0 Å². The molecular weight excluding hydrogens is 352 g/mol. The lowest BCUT2D eigenvalue weighted by molar-refractivity contribution is -0.120. The highest BCUT2D eigenvalue weighted by atomic mass is 32.2. The van der Waals surface area contributed by atoms with Crippen molar-refractivity contribution in [1.82, 2.24) is 5.32 Å². The van der Waals surface area contributed by atoms with Gasteiger partial charge in [-0.3, -0.25) is 9.10 Å². The number of anilines is 1. The van der Waals surface area contributed by atoms with Crippen molar-refractivity contribution in [1.29, 1.82) is 0 Å². The number of amides is 1. The molecule has 0 heterocycles. The van der Waals surface area contributed by atoms with Gasteiger partial charge in [-0.15, -0.1) is 0 Å². The van der Waals surface area contributed by atoms with Gasteiger partial charge >= 0.3 is 0 Å². The summed E-state index contributed by atoms with van der Waals surface area (Å²) < 4.78 is 30.7. The van der Waals surface area contributed by atoms with E-state index in [1.54, 1.807) is 25.3 Å². The lowest BCUT2D eigenvalue weighted by Crippen LogP contribution is -2.41. The Morgan fingerprint density at radius 1 is 1.19 bits per heavy atom. The molecule has 2 aromatic rings. The summed E-state index contributed by atoms with van der Waals surface area (Å²) in [7, 11) is -2.03. The minimum absolute atomic E-state index is 0.290. The number of carbonyl (C=O) groups excluding carboxylic acids is 1. The zero-order valence-electron chi connectivity index (χ0n) is 15.4. The van der Waals surface area contributed by atoms with Gasteiger partial charge in [0, 0.05) is 5.56 Å². The Labute approximate surface area is 154 Å². The molecule has 0 saturated heterocycles. The second-order valence-electron chi connectivity index (χ2n) is 6.14. The van der Waals surface area contributed by atoms with Crippen LogP contribution in [-0.4, -0.2) is 34.2 Å². The summed E-state index contributed by atoms with van der Waals surface area (Å²) >= 11 is 0. The first kappa shape index (κ1) is 19.8. The maximum Gasteiger partial charge on any atom is 0.241 e. The zero-order valence-corrected chi connectivity index (χ0v) is 16.2. The molecule has 0 bridgehead atoms. The highest BCUT2D eigenvalue weighted by molar-refractivity contribution is 7.92. The molecule has 2 rings (SSSR count). The average molecular weight is 376 g/mol. The number of methoxy groups -OCH3 is 1. The molecule has 1 atom stereocenters. The summed E-state index contributed by atoms with van der Waals surface area (Å²) in [6.45, 7) is 3.41. The van der Waals surface area contributed by atoms with Crippen LogP contribution in [-0.2, 0) is 14.8 Å². The number of nitrogens with one attached hydrogen (secondary N) is 1. The summed E-state index contributed by atoms with van der Waals surface area (Å²) in [6.07, 6.45) is 1.09. The number of rotatable bonds is 7. The highest BCUT2D eigenvalue weighted by Crippen LogP contribution is 2.24. The number of ether oxygens (including phenoxy) is 1. The van der Waals surface area contributed by atoms with Crippen LogP contribution in [0, 0.1) is 6.92 Å². The molecular formula is C19H24N2O4S. The first-order chi connectivity index (χ1) is 12.2. The van der Waals surface area contributed by atoms with E-state index in [0.717, 1.165) is 21.7 Å². The van der Waals surface area contributed by atoms with E-state index in [1.807, 2.05) is 44.2 Å². The van der Waals surface area contributed by atoms with Crippen LogP contribution in [0.15, 0.2) is 48.5 Å². The molecule has 0 aliphatic heterocycles. The Morgan fingerprint density at radius 3 is 2.50 bits per heavy atom. The number of para-hydroxylation sites is 1. The van der Waals surface area contributed by atoms with Gasteiger partial charge in [-0.25, -0.2) is 8.42 Å². The Hall–Kier alpha value is -2.54. The highest BCUT2D eigenvalue weighted by Gasteiger charge is 2.22. The quantitative estimate of drug-likeness (QED) is 0.806. The molecule has 6 nitrogen and oxygen atoms in total. The molecule has 0 fully saturated rings. The summed E-state index contributed by atoms with van der Waals surface area (Å²) in [5.74, 6) is 0.272. The van der Waals surface area contributed by atoms with E-state index in [2.05, 4.69) is 5.32 Å². The third kappa shape index (κ3) is 4.98. The third-order valence-corrected chi connectivity index (χ3v) is 5.10. The van der Waals surface area contributed by atoms with Crippen molar-refractivity contribution in [3.8, 4) is 5.75 Å². The summed E-state index contributed by atoms with van der Waals surface area (Å²) in [4.78, 5) is 12.5. The second kappa shape index (κ2) is 8.23. The van der Waals surface area contributed by atoms with Crippen molar-refractivity contribution < 1.29 is 17.9 Å². The number of aryl methyl sites for hydroxylation is 1. The summed E-state index contributed by atoms with van der Waals surface area (Å²) in [6, 6.07) is 14.1. The molecule has 2 aromatic carbocycles. The van der Waals surface area contributed by atoms with Crippen molar-refractivity contribution in [3.63, 3.8) is 0 Å². The van der Waals surface area contributed by atoms with Crippen molar-refractivity contribution in [3.05, 3.63) is 59.7 Å². The molecule has 140 valence electrons. The SMILES string of the molecule is COc1ccccc1[C@H](C)NC(=O)CN(c1cccc(C)c1)S(C)(=O)=O. The Kier molecular flexibility index (Phi) is 6.26. The van der Waals surface area contributed by atoms with Gasteiger partial charge in [0.2, 0.25) is 15.9 Å². The predicted octanol–water partition coefficient (Wildman–Crippen LogP) is 2.65. The molecule has 0 unspecified atom stereocenters. The van der Waals surface area contributed by atoms with Gasteiger partial charge in [0.1, 0.15) is 12.3 Å². The second-order valence-corrected chi connectivity index (χ2v) is 8.05. The summed E-state index contributed by atoms with van der Waals surface area (Å²) in [5.41, 5.74) is 2.20. The van der Waals surface area contributed by atoms with Crippen molar-refractivity contribution in [2.24, 2.45) is 0 Å². The molecule has 7 heteroatoms. The van der Waals surface area contributed by atoms with Crippen LogP contribution < -0.4 is 14.4 Å².